The van der Waals surface area contributed by atoms with Gasteiger partial charge < -0.3 is 25.7 Å². The first-order chi connectivity index (χ1) is 8.04. The van der Waals surface area contributed by atoms with Crippen LogP contribution in [0.5, 0.6) is 0 Å². The molecule has 0 atom stereocenters. The molecule has 0 aliphatic carbocycles. The number of nitrogen functional groups attached to an aromatic ring is 1. The summed E-state index contributed by atoms with van der Waals surface area (Å²) in [6, 6.07) is 0. The van der Waals surface area contributed by atoms with Crippen molar-refractivity contribution in [2.45, 2.75) is 6.92 Å². The van der Waals surface area contributed by atoms with Gasteiger partial charge in [-0.2, -0.15) is 0 Å². The SMILES string of the molecule is COCCNC(=O)CN(C)c1nc(C)[nH]c1N. The fourth-order valence-corrected chi connectivity index (χ4v) is 1.43. The van der Waals surface area contributed by atoms with Crippen molar-refractivity contribution in [2.24, 2.45) is 0 Å². The van der Waals surface area contributed by atoms with Crippen molar-refractivity contribution in [1.29, 1.82) is 0 Å². The summed E-state index contributed by atoms with van der Waals surface area (Å²) in [6.45, 7) is 3.02. The Labute approximate surface area is 100 Å². The Bertz CT molecular complexity index is 377. The molecule has 1 rings (SSSR count). The molecule has 4 N–H and O–H groups in total. The lowest BCUT2D eigenvalue weighted by molar-refractivity contribution is -0.119. The van der Waals surface area contributed by atoms with Gasteiger partial charge in [-0.05, 0) is 6.92 Å². The molecule has 1 amide bonds. The molecule has 0 aliphatic rings. The molecule has 0 saturated heterocycles. The predicted molar refractivity (Wildman–Crippen MR) is 65.9 cm³/mol. The maximum absolute atomic E-state index is 11.5. The number of hydrogen-bond donors (Lipinski definition) is 3. The third-order valence-electron chi connectivity index (χ3n) is 2.20. The number of H-pyrrole nitrogens is 1. The van der Waals surface area contributed by atoms with Crippen LogP contribution < -0.4 is 16.0 Å². The number of hydrogen-bond acceptors (Lipinski definition) is 5. The number of carbonyl (C=O) groups is 1. The summed E-state index contributed by atoms with van der Waals surface area (Å²) in [6.07, 6.45) is 0. The summed E-state index contributed by atoms with van der Waals surface area (Å²) < 4.78 is 4.84. The quantitative estimate of drug-likeness (QED) is 0.583. The van der Waals surface area contributed by atoms with E-state index in [2.05, 4.69) is 15.3 Å². The highest BCUT2D eigenvalue weighted by Gasteiger charge is 2.13. The molecule has 0 fully saturated rings. The smallest absolute Gasteiger partial charge is 0.239 e. The number of aromatic amines is 1. The molecule has 0 aromatic carbocycles. The van der Waals surface area contributed by atoms with E-state index in [0.717, 1.165) is 5.82 Å². The van der Waals surface area contributed by atoms with Gasteiger partial charge in [-0.1, -0.05) is 0 Å². The summed E-state index contributed by atoms with van der Waals surface area (Å²) in [5.41, 5.74) is 5.73. The van der Waals surface area contributed by atoms with Crippen LogP contribution in [0.3, 0.4) is 0 Å². The fraction of sp³-hybridized carbons (Fsp3) is 0.600. The zero-order chi connectivity index (χ0) is 12.8. The minimum absolute atomic E-state index is 0.0930. The van der Waals surface area contributed by atoms with Crippen LogP contribution in [0.4, 0.5) is 11.6 Å². The van der Waals surface area contributed by atoms with Crippen molar-refractivity contribution >= 4 is 17.5 Å². The van der Waals surface area contributed by atoms with E-state index < -0.39 is 0 Å². The summed E-state index contributed by atoms with van der Waals surface area (Å²) in [5, 5.41) is 2.73. The molecule has 0 unspecified atom stereocenters. The van der Waals surface area contributed by atoms with E-state index in [9.17, 15) is 4.79 Å². The first kappa shape index (κ1) is 13.3. The zero-order valence-electron chi connectivity index (χ0n) is 10.4. The summed E-state index contributed by atoms with van der Waals surface area (Å²) >= 11 is 0. The number of nitrogens with zero attached hydrogens (tertiary/aromatic N) is 2. The van der Waals surface area contributed by atoms with Crippen molar-refractivity contribution in [3.63, 3.8) is 0 Å². The highest BCUT2D eigenvalue weighted by molar-refractivity contribution is 5.81. The number of anilines is 2. The molecule has 7 nitrogen and oxygen atoms in total. The van der Waals surface area contributed by atoms with E-state index >= 15 is 0 Å². The number of methoxy groups -OCH3 is 1. The van der Waals surface area contributed by atoms with Gasteiger partial charge in [-0.3, -0.25) is 4.79 Å². The Kier molecular flexibility index (Phi) is 4.77. The van der Waals surface area contributed by atoms with Crippen LogP contribution in [0.25, 0.3) is 0 Å². The zero-order valence-corrected chi connectivity index (χ0v) is 10.4. The third-order valence-corrected chi connectivity index (χ3v) is 2.20. The molecule has 0 saturated carbocycles. The molecular weight excluding hydrogens is 222 g/mol. The number of aryl methyl sites for hydroxylation is 1. The lowest BCUT2D eigenvalue weighted by Crippen LogP contribution is -2.37. The highest BCUT2D eigenvalue weighted by Crippen LogP contribution is 2.17. The first-order valence-corrected chi connectivity index (χ1v) is 5.33. The molecule has 1 aromatic heterocycles. The molecule has 0 bridgehead atoms. The predicted octanol–water partition coefficient (Wildman–Crippen LogP) is -0.501. The third kappa shape index (κ3) is 3.95. The Morgan fingerprint density at radius 3 is 2.88 bits per heavy atom. The average Bonchev–Trinajstić information content (AvgIpc) is 2.58. The second-order valence-corrected chi connectivity index (χ2v) is 3.76. The number of likely N-dealkylation sites (N-methyl/N-ethyl adjacent to an activating group) is 1. The number of rotatable bonds is 6. The van der Waals surface area contributed by atoms with Crippen molar-refractivity contribution in [3.05, 3.63) is 5.82 Å². The summed E-state index contributed by atoms with van der Waals surface area (Å²) in [7, 11) is 3.35. The fourth-order valence-electron chi connectivity index (χ4n) is 1.43. The van der Waals surface area contributed by atoms with Gasteiger partial charge in [0.2, 0.25) is 5.91 Å². The van der Waals surface area contributed by atoms with Crippen LogP contribution in [-0.4, -0.2) is 49.7 Å². The Balaban J connectivity index is 2.46. The summed E-state index contributed by atoms with van der Waals surface area (Å²) in [4.78, 5) is 20.3. The van der Waals surface area contributed by atoms with E-state index in [1.807, 2.05) is 6.92 Å². The number of ether oxygens (including phenoxy) is 1. The van der Waals surface area contributed by atoms with Crippen LogP contribution in [-0.2, 0) is 9.53 Å². The maximum Gasteiger partial charge on any atom is 0.239 e. The van der Waals surface area contributed by atoms with Crippen molar-refractivity contribution in [1.82, 2.24) is 15.3 Å². The van der Waals surface area contributed by atoms with Gasteiger partial charge in [0.15, 0.2) is 5.82 Å². The van der Waals surface area contributed by atoms with Gasteiger partial charge >= 0.3 is 0 Å². The minimum atomic E-state index is -0.0930. The van der Waals surface area contributed by atoms with Crippen LogP contribution in [0.1, 0.15) is 5.82 Å². The van der Waals surface area contributed by atoms with Gasteiger partial charge in [0.1, 0.15) is 11.6 Å². The Morgan fingerprint density at radius 2 is 2.35 bits per heavy atom. The molecule has 1 heterocycles. The highest BCUT2D eigenvalue weighted by atomic mass is 16.5. The van der Waals surface area contributed by atoms with Gasteiger partial charge in [0, 0.05) is 20.7 Å². The van der Waals surface area contributed by atoms with E-state index in [-0.39, 0.29) is 12.5 Å². The molecular formula is C10H19N5O2. The van der Waals surface area contributed by atoms with E-state index in [1.54, 1.807) is 19.1 Å². The average molecular weight is 241 g/mol. The second kappa shape index (κ2) is 6.09. The van der Waals surface area contributed by atoms with Gasteiger partial charge in [-0.25, -0.2) is 4.98 Å². The van der Waals surface area contributed by atoms with Gasteiger partial charge in [-0.15, -0.1) is 0 Å². The van der Waals surface area contributed by atoms with E-state index in [0.29, 0.717) is 24.8 Å². The van der Waals surface area contributed by atoms with Gasteiger partial charge in [0.25, 0.3) is 0 Å². The van der Waals surface area contributed by atoms with Crippen molar-refractivity contribution in [3.8, 4) is 0 Å². The molecule has 0 spiro atoms. The first-order valence-electron chi connectivity index (χ1n) is 5.33. The number of nitrogens with one attached hydrogen (secondary N) is 2. The van der Waals surface area contributed by atoms with Crippen LogP contribution in [0.2, 0.25) is 0 Å². The number of carbonyl (C=O) groups excluding carboxylic acids is 1. The topological polar surface area (TPSA) is 96.3 Å². The Morgan fingerprint density at radius 1 is 1.65 bits per heavy atom. The lowest BCUT2D eigenvalue weighted by atomic mass is 10.4. The van der Waals surface area contributed by atoms with Crippen LogP contribution >= 0.6 is 0 Å². The van der Waals surface area contributed by atoms with E-state index in [1.165, 1.54) is 0 Å². The van der Waals surface area contributed by atoms with Crippen molar-refractivity contribution in [2.75, 3.05) is 44.5 Å². The van der Waals surface area contributed by atoms with Gasteiger partial charge in [0.05, 0.1) is 13.2 Å². The van der Waals surface area contributed by atoms with Crippen molar-refractivity contribution < 1.29 is 9.53 Å². The summed E-state index contributed by atoms with van der Waals surface area (Å²) in [5.74, 6) is 1.69. The number of imidazole rings is 1. The largest absolute Gasteiger partial charge is 0.383 e. The molecule has 7 heteroatoms. The Hall–Kier alpha value is -1.76. The molecule has 96 valence electrons. The van der Waals surface area contributed by atoms with Crippen LogP contribution in [0.15, 0.2) is 0 Å². The minimum Gasteiger partial charge on any atom is -0.383 e. The monoisotopic (exact) mass is 241 g/mol. The molecule has 17 heavy (non-hydrogen) atoms. The normalized spacial score (nSPS) is 10.3. The number of amides is 1. The number of aromatic nitrogens is 2. The molecule has 0 radical (unpaired) electrons. The maximum atomic E-state index is 11.5. The molecule has 0 aliphatic heterocycles. The lowest BCUT2D eigenvalue weighted by Gasteiger charge is -2.16. The standard InChI is InChI=1S/C10H19N5O2/c1-7-13-9(11)10(14-7)15(2)6-8(16)12-4-5-17-3/h4-6,11H2,1-3H3,(H,12,16)(H,13,14). The van der Waals surface area contributed by atoms with Crippen LogP contribution in [0, 0.1) is 6.92 Å². The molecule has 1 aromatic rings. The second-order valence-electron chi connectivity index (χ2n) is 3.76. The number of nitrogens with two attached hydrogens (primary N) is 1. The van der Waals surface area contributed by atoms with E-state index in [4.69, 9.17) is 10.5 Å².